The number of alkyl halides is 10. The Balaban J connectivity index is 6.74. The maximum atomic E-state index is 16.0. The fourth-order valence-corrected chi connectivity index (χ4v) is 4.54. The smallest absolute Gasteiger partial charge is 0.421 e. The van der Waals surface area contributed by atoms with Crippen molar-refractivity contribution in [2.45, 2.75) is 126 Å². The highest BCUT2D eigenvalue weighted by Gasteiger charge is 2.76. The summed E-state index contributed by atoms with van der Waals surface area (Å²) in [5.74, 6) is -10.1. The van der Waals surface area contributed by atoms with Crippen LogP contribution in [0.25, 0.3) is 0 Å². The van der Waals surface area contributed by atoms with E-state index in [1.807, 2.05) is 10.6 Å². The molecule has 0 aliphatic heterocycles. The second-order valence-electron chi connectivity index (χ2n) is 11.0. The number of rotatable bonds is 19. The van der Waals surface area contributed by atoms with Crippen molar-refractivity contribution >= 4 is 21.4 Å². The largest absolute Gasteiger partial charge is 0.443 e. The summed E-state index contributed by atoms with van der Waals surface area (Å²) in [5, 5.41) is 0.220. The Bertz CT molecular complexity index is 1040. The van der Waals surface area contributed by atoms with E-state index in [1.54, 1.807) is 0 Å². The molecule has 0 saturated heterocycles. The lowest BCUT2D eigenvalue weighted by Crippen LogP contribution is -2.70. The van der Waals surface area contributed by atoms with Crippen molar-refractivity contribution in [2.24, 2.45) is 0 Å². The monoisotopic (exact) mass is 716 g/mol. The third-order valence-electron chi connectivity index (χ3n) is 8.09. The van der Waals surface area contributed by atoms with Crippen LogP contribution in [0.3, 0.4) is 0 Å². The molecule has 0 aliphatic carbocycles. The molecule has 0 aromatic rings. The molecule has 0 aromatic heterocycles. The minimum atomic E-state index is -5.82. The van der Waals surface area contributed by atoms with Crippen LogP contribution in [0.2, 0.25) is 0 Å². The SMILES string of the molecule is CCC(C)(OC(F)(F)C(F)(F)C(P)(CC)C(C)(CC)OC(F)(F)C(C)(CC)OC(F)(F)COC(=O)NC)C(F)(F)COC(=O)NC. The Labute approximate surface area is 263 Å². The van der Waals surface area contributed by atoms with Gasteiger partial charge in [-0.1, -0.05) is 27.7 Å². The molecule has 0 fully saturated rings. The van der Waals surface area contributed by atoms with Gasteiger partial charge < -0.3 is 34.3 Å². The molecule has 20 heteroatoms. The van der Waals surface area contributed by atoms with Gasteiger partial charge in [0.25, 0.3) is 0 Å². The number of nitrogens with one attached hydrogen (secondary N) is 2. The summed E-state index contributed by atoms with van der Waals surface area (Å²) in [7, 11) is 3.35. The van der Waals surface area contributed by atoms with Crippen LogP contribution in [0, 0.1) is 0 Å². The molecule has 0 radical (unpaired) electrons. The number of carbonyl (C=O) groups is 2. The minimum Gasteiger partial charge on any atom is -0.443 e. The molecule has 46 heavy (non-hydrogen) atoms. The molecular formula is C26H43F10N2O7P. The number of ether oxygens (including phenoxy) is 5. The summed E-state index contributed by atoms with van der Waals surface area (Å²) in [5.41, 5.74) is -9.79. The van der Waals surface area contributed by atoms with Crippen LogP contribution >= 0.6 is 9.24 Å². The van der Waals surface area contributed by atoms with Gasteiger partial charge in [0.15, 0.2) is 18.8 Å². The average Bonchev–Trinajstić information content (AvgIpc) is 2.96. The first-order valence-electron chi connectivity index (χ1n) is 14.0. The number of hydrogen-bond acceptors (Lipinski definition) is 7. The van der Waals surface area contributed by atoms with Gasteiger partial charge in [-0.15, -0.1) is 9.24 Å². The summed E-state index contributed by atoms with van der Waals surface area (Å²) in [6, 6.07) is 0. The first-order chi connectivity index (χ1) is 20.5. The van der Waals surface area contributed by atoms with Crippen molar-refractivity contribution in [2.75, 3.05) is 27.3 Å². The van der Waals surface area contributed by atoms with Crippen LogP contribution in [0.1, 0.15) is 74.1 Å². The van der Waals surface area contributed by atoms with Crippen molar-refractivity contribution in [1.82, 2.24) is 10.6 Å². The van der Waals surface area contributed by atoms with E-state index in [-0.39, 0.29) is 0 Å². The van der Waals surface area contributed by atoms with Crippen LogP contribution in [-0.2, 0) is 23.7 Å². The first kappa shape index (κ1) is 44.1. The van der Waals surface area contributed by atoms with Gasteiger partial charge in [-0.2, -0.15) is 43.9 Å². The van der Waals surface area contributed by atoms with E-state index in [4.69, 9.17) is 4.74 Å². The van der Waals surface area contributed by atoms with Gasteiger partial charge in [0, 0.05) is 14.1 Å². The molecule has 0 heterocycles. The highest BCUT2D eigenvalue weighted by molar-refractivity contribution is 7.19. The standard InChI is InChI=1S/C26H43F10N2O7P/c1-10-18(5,44-25(33,34)20(7,12-3)43-23(29,30)15-42-17(40)38-9)21(46,13-4)24(31,32)26(35,36)45-19(6,11-2)22(27,28)14-41-16(39)37-8/h10-15,46H2,1-9H3,(H,37,39)(H,38,40). The van der Waals surface area contributed by atoms with Gasteiger partial charge in [0.1, 0.15) is 5.60 Å². The molecule has 2 amide bonds. The fraction of sp³-hybridized carbons (Fsp3) is 0.923. The molecule has 2 N–H and O–H groups in total. The summed E-state index contributed by atoms with van der Waals surface area (Å²) in [6.45, 7) is 1.40. The molecule has 9 nitrogen and oxygen atoms in total. The van der Waals surface area contributed by atoms with E-state index in [9.17, 15) is 27.2 Å². The number of alkyl carbamates (subject to hydrolysis) is 2. The predicted octanol–water partition coefficient (Wildman–Crippen LogP) is 7.33. The van der Waals surface area contributed by atoms with Crippen LogP contribution in [-0.4, -0.2) is 91.6 Å². The van der Waals surface area contributed by atoms with E-state index in [1.165, 1.54) is 9.24 Å². The van der Waals surface area contributed by atoms with Crippen molar-refractivity contribution in [3.8, 4) is 0 Å². The molecule has 5 atom stereocenters. The van der Waals surface area contributed by atoms with Crippen LogP contribution < -0.4 is 10.6 Å². The van der Waals surface area contributed by atoms with Crippen LogP contribution in [0.5, 0.6) is 0 Å². The molecule has 0 rings (SSSR count). The Morgan fingerprint density at radius 1 is 0.587 bits per heavy atom. The van der Waals surface area contributed by atoms with Crippen molar-refractivity contribution in [3.63, 3.8) is 0 Å². The van der Waals surface area contributed by atoms with Crippen molar-refractivity contribution in [3.05, 3.63) is 0 Å². The van der Waals surface area contributed by atoms with E-state index < -0.39 is 103 Å². The van der Waals surface area contributed by atoms with E-state index in [0.29, 0.717) is 20.8 Å². The third kappa shape index (κ3) is 8.98. The normalized spacial score (nSPS) is 18.8. The second-order valence-corrected chi connectivity index (χ2v) is 12.0. The Kier molecular flexibility index (Phi) is 14.5. The maximum absolute atomic E-state index is 16.0. The third-order valence-corrected chi connectivity index (χ3v) is 9.47. The minimum absolute atomic E-state index is 0.363. The van der Waals surface area contributed by atoms with Gasteiger partial charge >= 0.3 is 42.4 Å². The van der Waals surface area contributed by atoms with Crippen LogP contribution in [0.15, 0.2) is 0 Å². The zero-order valence-electron chi connectivity index (χ0n) is 27.0. The number of hydrogen-bond donors (Lipinski definition) is 2. The van der Waals surface area contributed by atoms with Crippen LogP contribution in [0.4, 0.5) is 53.5 Å². The number of halogens is 10. The lowest BCUT2D eigenvalue weighted by atomic mass is 9.77. The van der Waals surface area contributed by atoms with Gasteiger partial charge in [0.2, 0.25) is 0 Å². The summed E-state index contributed by atoms with van der Waals surface area (Å²) >= 11 is 0. The molecule has 0 bridgehead atoms. The summed E-state index contributed by atoms with van der Waals surface area (Å²) in [4.78, 5) is 22.4. The summed E-state index contributed by atoms with van der Waals surface area (Å²) < 4.78 is 175. The Morgan fingerprint density at radius 3 is 1.35 bits per heavy atom. The van der Waals surface area contributed by atoms with Gasteiger partial charge in [-0.25, -0.2) is 9.59 Å². The van der Waals surface area contributed by atoms with E-state index >= 15 is 26.3 Å². The molecule has 0 saturated carbocycles. The highest BCUT2D eigenvalue weighted by Crippen LogP contribution is 2.59. The molecule has 0 aliphatic rings. The van der Waals surface area contributed by atoms with Gasteiger partial charge in [-0.05, 0) is 46.5 Å². The van der Waals surface area contributed by atoms with Gasteiger partial charge in [-0.3, -0.25) is 0 Å². The predicted molar refractivity (Wildman–Crippen MR) is 148 cm³/mol. The molecule has 0 aromatic carbocycles. The second kappa shape index (κ2) is 15.1. The van der Waals surface area contributed by atoms with E-state index in [0.717, 1.165) is 41.8 Å². The molecule has 274 valence electrons. The highest BCUT2D eigenvalue weighted by atomic mass is 31.0. The summed E-state index contributed by atoms with van der Waals surface area (Å²) in [6.07, 6.45) is -22.0. The maximum Gasteiger partial charge on any atom is 0.421 e. The molecule has 0 spiro atoms. The topological polar surface area (TPSA) is 104 Å². The lowest BCUT2D eigenvalue weighted by molar-refractivity contribution is -0.441. The zero-order chi connectivity index (χ0) is 36.8. The van der Waals surface area contributed by atoms with Crippen molar-refractivity contribution < 1.29 is 77.2 Å². The van der Waals surface area contributed by atoms with Gasteiger partial charge in [0.05, 0.1) is 10.8 Å². The van der Waals surface area contributed by atoms with E-state index in [2.05, 4.69) is 18.9 Å². The lowest BCUT2D eigenvalue weighted by Gasteiger charge is -2.53. The first-order valence-corrected chi connectivity index (χ1v) is 14.6. The number of carbonyl (C=O) groups excluding carboxylic acids is 2. The molecule has 5 unspecified atom stereocenters. The van der Waals surface area contributed by atoms with Crippen molar-refractivity contribution in [1.29, 1.82) is 0 Å². The number of amides is 2. The quantitative estimate of drug-likeness (QED) is 0.107. The fourth-order valence-electron chi connectivity index (χ4n) is 4.11. The molecular weight excluding hydrogens is 673 g/mol. The zero-order valence-corrected chi connectivity index (χ0v) is 28.1. The Morgan fingerprint density at radius 2 is 0.978 bits per heavy atom. The Hall–Kier alpha value is -1.85. The average molecular weight is 717 g/mol.